The summed E-state index contributed by atoms with van der Waals surface area (Å²) in [5.41, 5.74) is 1.49. The Morgan fingerprint density at radius 3 is 3.00 bits per heavy atom. The molecular formula is C15H19NO4S. The van der Waals surface area contributed by atoms with Gasteiger partial charge in [0.1, 0.15) is 11.8 Å². The van der Waals surface area contributed by atoms with E-state index >= 15 is 0 Å². The molecule has 0 bridgehead atoms. The molecule has 1 aromatic carbocycles. The molecule has 1 aliphatic heterocycles. The molecule has 1 unspecified atom stereocenters. The van der Waals surface area contributed by atoms with E-state index in [1.165, 1.54) is 0 Å². The fourth-order valence-electron chi connectivity index (χ4n) is 2.24. The van der Waals surface area contributed by atoms with Crippen LogP contribution in [0, 0.1) is 0 Å². The summed E-state index contributed by atoms with van der Waals surface area (Å²) in [6.45, 7) is 0.703. The van der Waals surface area contributed by atoms with Crippen LogP contribution in [0.25, 0.3) is 0 Å². The molecule has 0 aliphatic carbocycles. The molecule has 1 aliphatic rings. The van der Waals surface area contributed by atoms with Gasteiger partial charge in [-0.05, 0) is 55.0 Å². The monoisotopic (exact) mass is 309 g/mol. The molecule has 1 heterocycles. The Bertz CT molecular complexity index is 532. The van der Waals surface area contributed by atoms with Gasteiger partial charge in [0, 0.05) is 5.56 Å². The van der Waals surface area contributed by atoms with E-state index in [0.717, 1.165) is 24.2 Å². The first-order chi connectivity index (χ1) is 10.1. The number of aliphatic carboxylic acids is 1. The number of benzene rings is 1. The van der Waals surface area contributed by atoms with Crippen LogP contribution in [-0.2, 0) is 11.2 Å². The SMILES string of the molecule is CSCCC(NC(=O)c1ccc2c(c1)CCCO2)C(=O)O. The maximum absolute atomic E-state index is 12.2. The first-order valence-corrected chi connectivity index (χ1v) is 8.29. The van der Waals surface area contributed by atoms with Gasteiger partial charge in [-0.1, -0.05) is 0 Å². The van der Waals surface area contributed by atoms with E-state index in [0.29, 0.717) is 24.3 Å². The zero-order chi connectivity index (χ0) is 15.2. The Kier molecular flexibility index (Phi) is 5.50. The zero-order valence-corrected chi connectivity index (χ0v) is 12.7. The van der Waals surface area contributed by atoms with Crippen LogP contribution < -0.4 is 10.1 Å². The molecule has 114 valence electrons. The van der Waals surface area contributed by atoms with Crippen molar-refractivity contribution in [3.8, 4) is 5.75 Å². The lowest BCUT2D eigenvalue weighted by molar-refractivity contribution is -0.139. The van der Waals surface area contributed by atoms with Crippen LogP contribution >= 0.6 is 11.8 Å². The van der Waals surface area contributed by atoms with Gasteiger partial charge in [-0.15, -0.1) is 0 Å². The smallest absolute Gasteiger partial charge is 0.326 e. The molecule has 0 fully saturated rings. The molecule has 2 rings (SSSR count). The van der Waals surface area contributed by atoms with Gasteiger partial charge in [0.15, 0.2) is 0 Å². The van der Waals surface area contributed by atoms with Crippen molar-refractivity contribution >= 4 is 23.6 Å². The summed E-state index contributed by atoms with van der Waals surface area (Å²) in [6, 6.07) is 4.39. The minimum absolute atomic E-state index is 0.350. The second-order valence-corrected chi connectivity index (χ2v) is 5.91. The molecule has 1 aromatic rings. The molecule has 2 N–H and O–H groups in total. The minimum atomic E-state index is -1.00. The van der Waals surface area contributed by atoms with Crippen molar-refractivity contribution in [1.82, 2.24) is 5.32 Å². The fraction of sp³-hybridized carbons (Fsp3) is 0.467. The molecule has 0 aromatic heterocycles. The van der Waals surface area contributed by atoms with Crippen molar-refractivity contribution in [1.29, 1.82) is 0 Å². The predicted octanol–water partition coefficient (Wildman–Crippen LogP) is 1.95. The fourth-order valence-corrected chi connectivity index (χ4v) is 2.71. The minimum Gasteiger partial charge on any atom is -0.493 e. The van der Waals surface area contributed by atoms with Gasteiger partial charge in [0.25, 0.3) is 5.91 Å². The largest absolute Gasteiger partial charge is 0.493 e. The van der Waals surface area contributed by atoms with Gasteiger partial charge < -0.3 is 15.2 Å². The second kappa shape index (κ2) is 7.36. The third-order valence-electron chi connectivity index (χ3n) is 3.38. The standard InChI is InChI=1S/C15H19NO4S/c1-21-8-6-12(15(18)19)16-14(17)11-4-5-13-10(9-11)3-2-7-20-13/h4-5,9,12H,2-3,6-8H2,1H3,(H,16,17)(H,18,19). The van der Waals surface area contributed by atoms with Gasteiger partial charge in [0.2, 0.25) is 0 Å². The van der Waals surface area contributed by atoms with E-state index in [1.54, 1.807) is 30.0 Å². The Labute approximate surface area is 128 Å². The number of thioether (sulfide) groups is 1. The Morgan fingerprint density at radius 1 is 1.48 bits per heavy atom. The summed E-state index contributed by atoms with van der Waals surface area (Å²) in [5, 5.41) is 11.7. The van der Waals surface area contributed by atoms with Crippen LogP contribution in [0.3, 0.4) is 0 Å². The quantitative estimate of drug-likeness (QED) is 0.840. The number of carboxylic acid groups (broad SMARTS) is 1. The van der Waals surface area contributed by atoms with Crippen LogP contribution in [-0.4, -0.2) is 41.6 Å². The lowest BCUT2D eigenvalue weighted by atomic mass is 10.0. The highest BCUT2D eigenvalue weighted by atomic mass is 32.2. The highest BCUT2D eigenvalue weighted by Crippen LogP contribution is 2.25. The van der Waals surface area contributed by atoms with E-state index in [1.807, 2.05) is 6.26 Å². The second-order valence-electron chi connectivity index (χ2n) is 4.92. The maximum Gasteiger partial charge on any atom is 0.326 e. The topological polar surface area (TPSA) is 75.6 Å². The summed E-state index contributed by atoms with van der Waals surface area (Å²) in [6.07, 6.45) is 4.13. The third kappa shape index (κ3) is 4.14. The molecule has 0 spiro atoms. The van der Waals surface area contributed by atoms with E-state index in [-0.39, 0.29) is 5.91 Å². The highest BCUT2D eigenvalue weighted by Gasteiger charge is 2.21. The number of carbonyl (C=O) groups is 2. The van der Waals surface area contributed by atoms with Crippen molar-refractivity contribution in [2.45, 2.75) is 25.3 Å². The van der Waals surface area contributed by atoms with Crippen molar-refractivity contribution in [3.05, 3.63) is 29.3 Å². The molecule has 0 radical (unpaired) electrons. The van der Waals surface area contributed by atoms with Crippen molar-refractivity contribution in [3.63, 3.8) is 0 Å². The van der Waals surface area contributed by atoms with Crippen molar-refractivity contribution in [2.24, 2.45) is 0 Å². The number of amides is 1. The molecule has 1 atom stereocenters. The van der Waals surface area contributed by atoms with Gasteiger partial charge in [-0.25, -0.2) is 4.79 Å². The molecule has 5 nitrogen and oxygen atoms in total. The average molecular weight is 309 g/mol. The summed E-state index contributed by atoms with van der Waals surface area (Å²) in [7, 11) is 0. The Hall–Kier alpha value is -1.69. The molecule has 21 heavy (non-hydrogen) atoms. The first-order valence-electron chi connectivity index (χ1n) is 6.90. The Balaban J connectivity index is 2.06. The number of carbonyl (C=O) groups excluding carboxylic acids is 1. The summed E-state index contributed by atoms with van der Waals surface area (Å²) in [4.78, 5) is 23.3. The normalized spacial score (nSPS) is 14.7. The Morgan fingerprint density at radius 2 is 2.29 bits per heavy atom. The van der Waals surface area contributed by atoms with Gasteiger partial charge in [0.05, 0.1) is 6.61 Å². The van der Waals surface area contributed by atoms with Crippen LogP contribution in [0.1, 0.15) is 28.8 Å². The van der Waals surface area contributed by atoms with E-state index < -0.39 is 12.0 Å². The van der Waals surface area contributed by atoms with Gasteiger partial charge in [-0.3, -0.25) is 4.79 Å². The molecule has 1 amide bonds. The van der Waals surface area contributed by atoms with Crippen LogP contribution in [0.15, 0.2) is 18.2 Å². The number of aryl methyl sites for hydroxylation is 1. The number of ether oxygens (including phenoxy) is 1. The third-order valence-corrected chi connectivity index (χ3v) is 4.03. The predicted molar refractivity (Wildman–Crippen MR) is 82.1 cm³/mol. The molecule has 0 saturated heterocycles. The molecular weight excluding hydrogens is 290 g/mol. The lowest BCUT2D eigenvalue weighted by Gasteiger charge is -2.18. The summed E-state index contributed by atoms with van der Waals surface area (Å²) < 4.78 is 5.50. The van der Waals surface area contributed by atoms with Crippen LogP contribution in [0.2, 0.25) is 0 Å². The van der Waals surface area contributed by atoms with Crippen molar-refractivity contribution in [2.75, 3.05) is 18.6 Å². The van der Waals surface area contributed by atoms with Crippen LogP contribution in [0.4, 0.5) is 0 Å². The van der Waals surface area contributed by atoms with Gasteiger partial charge >= 0.3 is 5.97 Å². The summed E-state index contributed by atoms with van der Waals surface area (Å²) >= 11 is 1.56. The molecule has 6 heteroatoms. The first kappa shape index (κ1) is 15.7. The van der Waals surface area contributed by atoms with E-state index in [2.05, 4.69) is 5.32 Å². The van der Waals surface area contributed by atoms with Crippen LogP contribution in [0.5, 0.6) is 5.75 Å². The number of fused-ring (bicyclic) bond motifs is 1. The number of rotatable bonds is 6. The van der Waals surface area contributed by atoms with E-state index in [4.69, 9.17) is 9.84 Å². The zero-order valence-electron chi connectivity index (χ0n) is 11.9. The highest BCUT2D eigenvalue weighted by molar-refractivity contribution is 7.98. The van der Waals surface area contributed by atoms with Crippen molar-refractivity contribution < 1.29 is 19.4 Å². The number of nitrogens with one attached hydrogen (secondary N) is 1. The molecule has 0 saturated carbocycles. The number of hydrogen-bond donors (Lipinski definition) is 2. The maximum atomic E-state index is 12.2. The number of hydrogen-bond acceptors (Lipinski definition) is 4. The average Bonchev–Trinajstić information content (AvgIpc) is 2.50. The lowest BCUT2D eigenvalue weighted by Crippen LogP contribution is -2.41. The van der Waals surface area contributed by atoms with E-state index in [9.17, 15) is 9.59 Å². The number of carboxylic acids is 1. The van der Waals surface area contributed by atoms with Gasteiger partial charge in [-0.2, -0.15) is 11.8 Å². The summed E-state index contributed by atoms with van der Waals surface area (Å²) in [5.74, 6) is 0.153.